The summed E-state index contributed by atoms with van der Waals surface area (Å²) in [5.74, 6) is -0.583. The van der Waals surface area contributed by atoms with Crippen molar-refractivity contribution >= 4 is 35.3 Å². The molecule has 8 heteroatoms. The van der Waals surface area contributed by atoms with Gasteiger partial charge < -0.3 is 0 Å². The van der Waals surface area contributed by atoms with Crippen LogP contribution in [0.25, 0.3) is 0 Å². The van der Waals surface area contributed by atoms with Gasteiger partial charge in [0.05, 0.1) is 17.7 Å². The number of hydrogen-bond acceptors (Lipinski definition) is 4. The van der Waals surface area contributed by atoms with Gasteiger partial charge in [0.15, 0.2) is 4.08 Å². The summed E-state index contributed by atoms with van der Waals surface area (Å²) in [6.45, 7) is -0.641. The average Bonchev–Trinajstić information content (AvgIpc) is 3.00. The highest BCUT2D eigenvalue weighted by molar-refractivity contribution is 8.21. The second-order valence-corrected chi connectivity index (χ2v) is 7.74. The van der Waals surface area contributed by atoms with E-state index >= 15 is 0 Å². The highest BCUT2D eigenvalue weighted by atomic mass is 32.2. The molecule has 0 spiro atoms. The maximum absolute atomic E-state index is 13.4. The van der Waals surface area contributed by atoms with Crippen molar-refractivity contribution in [3.05, 3.63) is 35.4 Å². The minimum atomic E-state index is -4.48. The Morgan fingerprint density at radius 3 is 1.95 bits per heavy atom. The number of thioether (sulfide) groups is 2. The second kappa shape index (κ2) is 4.95. The van der Waals surface area contributed by atoms with E-state index in [1.165, 1.54) is 12.1 Å². The number of carbonyl (C=O) groups excluding carboxylic acids is 2. The number of rotatable bonds is 2. The number of halogens is 3. The number of fused-ring (bicyclic) bond motifs is 1. The van der Waals surface area contributed by atoms with E-state index in [0.29, 0.717) is 11.5 Å². The van der Waals surface area contributed by atoms with Crippen molar-refractivity contribution in [1.82, 2.24) is 4.90 Å². The summed E-state index contributed by atoms with van der Waals surface area (Å²) in [6.07, 6.45) is -4.48. The zero-order valence-corrected chi connectivity index (χ0v) is 12.3. The molecule has 1 aromatic rings. The molecule has 2 aliphatic rings. The number of amides is 2. The maximum Gasteiger partial charge on any atom is 0.414 e. The van der Waals surface area contributed by atoms with Crippen LogP contribution in [0.15, 0.2) is 24.3 Å². The van der Waals surface area contributed by atoms with Crippen LogP contribution in [0.3, 0.4) is 0 Å². The smallest absolute Gasteiger partial charge is 0.272 e. The molecule has 0 saturated carbocycles. The van der Waals surface area contributed by atoms with Crippen molar-refractivity contribution in [2.75, 3.05) is 18.1 Å². The fourth-order valence-electron chi connectivity index (χ4n) is 2.39. The van der Waals surface area contributed by atoms with Gasteiger partial charge in [-0.2, -0.15) is 13.2 Å². The summed E-state index contributed by atoms with van der Waals surface area (Å²) < 4.78 is 38.0. The van der Waals surface area contributed by atoms with Crippen molar-refractivity contribution < 1.29 is 22.8 Å². The van der Waals surface area contributed by atoms with E-state index < -0.39 is 28.6 Å². The fourth-order valence-corrected chi connectivity index (χ4v) is 5.32. The maximum atomic E-state index is 13.4. The fraction of sp³-hybridized carbons (Fsp3) is 0.385. The molecule has 1 fully saturated rings. The Bertz CT molecular complexity index is 577. The Kier molecular flexibility index (Phi) is 3.48. The summed E-state index contributed by atoms with van der Waals surface area (Å²) in [6, 6.07) is 6.10. The molecule has 112 valence electrons. The van der Waals surface area contributed by atoms with Gasteiger partial charge in [-0.1, -0.05) is 12.1 Å². The number of alkyl halides is 3. The molecular formula is C13H10F3NO2S2. The molecule has 2 aliphatic heterocycles. The molecule has 3 nitrogen and oxygen atoms in total. The Balaban J connectivity index is 1.93. The number of imide groups is 1. The summed E-state index contributed by atoms with van der Waals surface area (Å²) in [5.41, 5.74) is 0.348. The van der Waals surface area contributed by atoms with Gasteiger partial charge in [0.25, 0.3) is 11.8 Å². The highest BCUT2D eigenvalue weighted by Crippen LogP contribution is 2.54. The first-order valence-corrected chi connectivity index (χ1v) is 8.13. The first-order chi connectivity index (χ1) is 9.86. The van der Waals surface area contributed by atoms with Gasteiger partial charge in [-0.15, -0.1) is 23.5 Å². The van der Waals surface area contributed by atoms with Gasteiger partial charge in [0.1, 0.15) is 0 Å². The molecule has 2 heterocycles. The minimum absolute atomic E-state index is 0.174. The van der Waals surface area contributed by atoms with E-state index in [2.05, 4.69) is 0 Å². The van der Waals surface area contributed by atoms with Gasteiger partial charge in [-0.25, -0.2) is 0 Å². The molecule has 2 amide bonds. The molecular weight excluding hydrogens is 323 g/mol. The lowest BCUT2D eigenvalue weighted by atomic mass is 10.1. The van der Waals surface area contributed by atoms with Gasteiger partial charge in [0, 0.05) is 11.5 Å². The topological polar surface area (TPSA) is 37.4 Å². The van der Waals surface area contributed by atoms with Crippen LogP contribution < -0.4 is 0 Å². The van der Waals surface area contributed by atoms with Crippen LogP contribution in [0.1, 0.15) is 20.7 Å². The van der Waals surface area contributed by atoms with E-state index in [1.54, 1.807) is 12.1 Å². The van der Waals surface area contributed by atoms with Crippen molar-refractivity contribution in [1.29, 1.82) is 0 Å². The van der Waals surface area contributed by atoms with Crippen molar-refractivity contribution in [2.24, 2.45) is 0 Å². The minimum Gasteiger partial charge on any atom is -0.272 e. The van der Waals surface area contributed by atoms with E-state index in [1.807, 2.05) is 0 Å². The van der Waals surface area contributed by atoms with Crippen molar-refractivity contribution in [3.63, 3.8) is 0 Å². The monoisotopic (exact) mass is 333 g/mol. The molecule has 1 aromatic carbocycles. The third-order valence-corrected chi connectivity index (χ3v) is 6.87. The molecule has 0 aliphatic carbocycles. The predicted octanol–water partition coefficient (Wildman–Crippen LogP) is 3.02. The summed E-state index contributed by atoms with van der Waals surface area (Å²) in [7, 11) is 0. The van der Waals surface area contributed by atoms with Crippen LogP contribution >= 0.6 is 23.5 Å². The number of nitrogens with zero attached hydrogens (tertiary/aromatic N) is 1. The van der Waals surface area contributed by atoms with Gasteiger partial charge in [-0.3, -0.25) is 14.5 Å². The predicted molar refractivity (Wildman–Crippen MR) is 75.5 cm³/mol. The quantitative estimate of drug-likeness (QED) is 0.780. The summed E-state index contributed by atoms with van der Waals surface area (Å²) in [5, 5.41) is 0. The Morgan fingerprint density at radius 1 is 1.05 bits per heavy atom. The van der Waals surface area contributed by atoms with Crippen LogP contribution in [-0.4, -0.2) is 45.0 Å². The zero-order valence-electron chi connectivity index (χ0n) is 10.6. The van der Waals surface area contributed by atoms with E-state index in [9.17, 15) is 22.8 Å². The first kappa shape index (κ1) is 14.8. The highest BCUT2D eigenvalue weighted by Gasteiger charge is 2.60. The van der Waals surface area contributed by atoms with Crippen LogP contribution in [0, 0.1) is 0 Å². The van der Waals surface area contributed by atoms with Gasteiger partial charge >= 0.3 is 6.18 Å². The van der Waals surface area contributed by atoms with Crippen LogP contribution in [0.2, 0.25) is 0 Å². The Labute approximate surface area is 127 Å². The molecule has 1 saturated heterocycles. The molecule has 21 heavy (non-hydrogen) atoms. The normalized spacial score (nSPS) is 21.0. The number of carbonyl (C=O) groups is 2. The zero-order chi connectivity index (χ0) is 15.3. The third-order valence-electron chi connectivity index (χ3n) is 3.43. The third kappa shape index (κ3) is 2.24. The molecule has 0 unspecified atom stereocenters. The number of hydrogen-bond donors (Lipinski definition) is 0. The molecule has 0 bridgehead atoms. The average molecular weight is 333 g/mol. The van der Waals surface area contributed by atoms with Crippen molar-refractivity contribution in [2.45, 2.75) is 10.3 Å². The van der Waals surface area contributed by atoms with E-state index in [-0.39, 0.29) is 11.1 Å². The van der Waals surface area contributed by atoms with E-state index in [0.717, 1.165) is 28.4 Å². The van der Waals surface area contributed by atoms with Gasteiger partial charge in [-0.05, 0) is 12.1 Å². The lowest BCUT2D eigenvalue weighted by Gasteiger charge is -2.32. The largest absolute Gasteiger partial charge is 0.414 e. The molecule has 0 N–H and O–H groups in total. The van der Waals surface area contributed by atoms with Gasteiger partial charge in [0.2, 0.25) is 0 Å². The number of benzene rings is 1. The van der Waals surface area contributed by atoms with Crippen LogP contribution in [0.4, 0.5) is 13.2 Å². The Morgan fingerprint density at radius 2 is 1.52 bits per heavy atom. The molecule has 0 atom stereocenters. The van der Waals surface area contributed by atoms with E-state index in [4.69, 9.17) is 0 Å². The molecule has 3 rings (SSSR count). The molecule has 0 radical (unpaired) electrons. The molecule has 0 aromatic heterocycles. The second-order valence-electron chi connectivity index (χ2n) is 4.69. The van der Waals surface area contributed by atoms with Crippen LogP contribution in [-0.2, 0) is 0 Å². The lowest BCUT2D eigenvalue weighted by molar-refractivity contribution is -0.138. The Hall–Kier alpha value is -1.15. The van der Waals surface area contributed by atoms with Crippen molar-refractivity contribution in [3.8, 4) is 0 Å². The van der Waals surface area contributed by atoms with Crippen LogP contribution in [0.5, 0.6) is 0 Å². The lowest BCUT2D eigenvalue weighted by Crippen LogP contribution is -2.49. The summed E-state index contributed by atoms with van der Waals surface area (Å²) >= 11 is 1.52. The standard InChI is InChI=1S/C13H10F3NO2S2/c14-13(15,16)12(20-5-6-21-12)7-17-10(18)8-3-1-2-4-9(8)11(17)19/h1-4H,5-7H2. The SMILES string of the molecule is O=C1c2ccccc2C(=O)N1CC1(C(F)(F)F)SCCS1. The summed E-state index contributed by atoms with van der Waals surface area (Å²) in [4.78, 5) is 25.1. The first-order valence-electron chi connectivity index (χ1n) is 6.16.